The van der Waals surface area contributed by atoms with Crippen molar-refractivity contribution < 1.29 is 18.1 Å². The van der Waals surface area contributed by atoms with Crippen molar-refractivity contribution in [2.75, 3.05) is 25.6 Å². The third kappa shape index (κ3) is 4.84. The van der Waals surface area contributed by atoms with Gasteiger partial charge < -0.3 is 4.74 Å². The number of nitrogens with one attached hydrogen (secondary N) is 1. The number of rotatable bonds is 9. The van der Waals surface area contributed by atoms with Gasteiger partial charge in [0.25, 0.3) is 5.69 Å². The van der Waals surface area contributed by atoms with Crippen LogP contribution in [0, 0.1) is 10.1 Å². The van der Waals surface area contributed by atoms with Crippen LogP contribution in [0.25, 0.3) is 0 Å². The van der Waals surface area contributed by atoms with E-state index in [9.17, 15) is 18.5 Å². The van der Waals surface area contributed by atoms with Gasteiger partial charge in [0.15, 0.2) is 0 Å². The summed E-state index contributed by atoms with van der Waals surface area (Å²) in [6.45, 7) is 3.97. The van der Waals surface area contributed by atoms with Crippen LogP contribution in [0.2, 0.25) is 0 Å². The Bertz CT molecular complexity index is 954. The average Bonchev–Trinajstić information content (AvgIpc) is 2.69. The Labute approximate surface area is 163 Å². The summed E-state index contributed by atoms with van der Waals surface area (Å²) in [6, 6.07) is 10.8. The van der Waals surface area contributed by atoms with Crippen LogP contribution in [-0.4, -0.2) is 44.1 Å². The summed E-state index contributed by atoms with van der Waals surface area (Å²) in [5.74, 6) is 0.700. The lowest BCUT2D eigenvalue weighted by Crippen LogP contribution is -2.30. The van der Waals surface area contributed by atoms with E-state index in [0.29, 0.717) is 5.75 Å². The largest absolute Gasteiger partial charge is 0.497 e. The molecule has 0 aromatic heterocycles. The normalized spacial score (nSPS) is 11.7. The van der Waals surface area contributed by atoms with Gasteiger partial charge in [0.05, 0.1) is 23.1 Å². The lowest BCUT2D eigenvalue weighted by atomic mass is 10.2. The van der Waals surface area contributed by atoms with Gasteiger partial charge >= 0.3 is 0 Å². The third-order valence-corrected chi connectivity index (χ3v) is 6.07. The lowest BCUT2D eigenvalue weighted by molar-refractivity contribution is -0.384. The molecule has 150 valence electrons. The van der Waals surface area contributed by atoms with Gasteiger partial charge in [0.2, 0.25) is 10.0 Å². The minimum Gasteiger partial charge on any atom is -0.497 e. The smallest absolute Gasteiger partial charge is 0.295 e. The molecule has 0 bridgehead atoms. The van der Waals surface area contributed by atoms with Crippen molar-refractivity contribution in [3.05, 3.63) is 58.1 Å². The highest BCUT2D eigenvalue weighted by atomic mass is 32.2. The maximum atomic E-state index is 12.6. The molecule has 0 radical (unpaired) electrons. The van der Waals surface area contributed by atoms with Crippen molar-refractivity contribution in [1.29, 1.82) is 0 Å². The van der Waals surface area contributed by atoms with E-state index in [1.54, 1.807) is 45.2 Å². The van der Waals surface area contributed by atoms with Gasteiger partial charge in [-0.05, 0) is 42.0 Å². The van der Waals surface area contributed by atoms with Gasteiger partial charge in [-0.2, -0.15) is 9.41 Å². The van der Waals surface area contributed by atoms with Gasteiger partial charge in [-0.3, -0.25) is 15.5 Å². The minimum absolute atomic E-state index is 0.0910. The first-order valence-electron chi connectivity index (χ1n) is 8.55. The van der Waals surface area contributed by atoms with Crippen LogP contribution >= 0.6 is 0 Å². The zero-order valence-electron chi connectivity index (χ0n) is 15.8. The molecule has 0 heterocycles. The van der Waals surface area contributed by atoms with E-state index in [0.717, 1.165) is 11.6 Å². The second-order valence-corrected chi connectivity index (χ2v) is 7.61. The highest BCUT2D eigenvalue weighted by molar-refractivity contribution is 7.89. The molecule has 0 saturated heterocycles. The fourth-order valence-electron chi connectivity index (χ4n) is 2.50. The molecule has 0 aliphatic carbocycles. The van der Waals surface area contributed by atoms with Gasteiger partial charge in [-0.25, -0.2) is 8.42 Å². The summed E-state index contributed by atoms with van der Waals surface area (Å²) in [5, 5.41) is 15.4. The fraction of sp³-hybridized carbons (Fsp3) is 0.278. The number of hydrazone groups is 1. The van der Waals surface area contributed by atoms with E-state index in [1.165, 1.54) is 22.7 Å². The quantitative estimate of drug-likeness (QED) is 0.389. The Hall–Kier alpha value is -2.98. The third-order valence-electron chi connectivity index (χ3n) is 4.02. The molecular weight excluding hydrogens is 384 g/mol. The first-order valence-corrected chi connectivity index (χ1v) is 9.99. The molecule has 28 heavy (non-hydrogen) atoms. The van der Waals surface area contributed by atoms with E-state index in [-0.39, 0.29) is 29.4 Å². The average molecular weight is 406 g/mol. The zero-order valence-corrected chi connectivity index (χ0v) is 16.6. The van der Waals surface area contributed by atoms with Gasteiger partial charge in [-0.1, -0.05) is 13.8 Å². The summed E-state index contributed by atoms with van der Waals surface area (Å²) >= 11 is 0. The summed E-state index contributed by atoms with van der Waals surface area (Å²) in [4.78, 5) is 10.6. The van der Waals surface area contributed by atoms with E-state index in [1.807, 2.05) is 0 Å². The monoisotopic (exact) mass is 406 g/mol. The van der Waals surface area contributed by atoms with Gasteiger partial charge in [0, 0.05) is 19.2 Å². The highest BCUT2D eigenvalue weighted by Gasteiger charge is 2.25. The Morgan fingerprint density at radius 3 is 2.36 bits per heavy atom. The predicted molar refractivity (Wildman–Crippen MR) is 107 cm³/mol. The van der Waals surface area contributed by atoms with Gasteiger partial charge in [-0.15, -0.1) is 0 Å². The first-order chi connectivity index (χ1) is 13.3. The van der Waals surface area contributed by atoms with Crippen LogP contribution in [-0.2, 0) is 10.0 Å². The molecule has 2 rings (SSSR count). The first kappa shape index (κ1) is 21.3. The van der Waals surface area contributed by atoms with Crippen LogP contribution < -0.4 is 10.2 Å². The number of sulfonamides is 1. The van der Waals surface area contributed by atoms with Crippen LogP contribution in [0.1, 0.15) is 19.4 Å². The summed E-state index contributed by atoms with van der Waals surface area (Å²) in [7, 11) is -2.23. The molecule has 0 aliphatic rings. The Morgan fingerprint density at radius 2 is 1.82 bits per heavy atom. The molecule has 0 amide bonds. The van der Waals surface area contributed by atoms with Crippen LogP contribution in [0.3, 0.4) is 0 Å². The van der Waals surface area contributed by atoms with E-state index in [2.05, 4.69) is 10.5 Å². The number of ether oxygens (including phenoxy) is 1. The molecule has 0 unspecified atom stereocenters. The van der Waals surface area contributed by atoms with E-state index in [4.69, 9.17) is 4.74 Å². The number of methoxy groups -OCH3 is 1. The van der Waals surface area contributed by atoms with Crippen molar-refractivity contribution in [2.45, 2.75) is 18.7 Å². The second-order valence-electron chi connectivity index (χ2n) is 5.67. The van der Waals surface area contributed by atoms with Crippen LogP contribution in [0.15, 0.2) is 52.5 Å². The molecule has 2 aromatic carbocycles. The van der Waals surface area contributed by atoms with Crippen molar-refractivity contribution in [2.24, 2.45) is 5.10 Å². The number of nitro groups is 1. The van der Waals surface area contributed by atoms with E-state index >= 15 is 0 Å². The summed E-state index contributed by atoms with van der Waals surface area (Å²) in [6.07, 6.45) is 1.49. The van der Waals surface area contributed by atoms with Crippen molar-refractivity contribution in [3.63, 3.8) is 0 Å². The molecule has 2 aromatic rings. The van der Waals surface area contributed by atoms with Crippen molar-refractivity contribution >= 4 is 27.6 Å². The van der Waals surface area contributed by atoms with Gasteiger partial charge in [0.1, 0.15) is 11.4 Å². The maximum absolute atomic E-state index is 12.6. The summed E-state index contributed by atoms with van der Waals surface area (Å²) < 4.78 is 31.5. The molecule has 0 saturated carbocycles. The van der Waals surface area contributed by atoms with Crippen LogP contribution in [0.5, 0.6) is 5.75 Å². The number of benzene rings is 2. The molecule has 0 fully saturated rings. The number of nitrogens with zero attached hydrogens (tertiary/aromatic N) is 3. The van der Waals surface area contributed by atoms with Crippen LogP contribution in [0.4, 0.5) is 11.4 Å². The number of nitro benzene ring substituents is 1. The predicted octanol–water partition coefficient (Wildman–Crippen LogP) is 3.08. The highest BCUT2D eigenvalue weighted by Crippen LogP contribution is 2.29. The SMILES string of the molecule is CCN(CC)S(=O)(=O)c1ccc(N/N=C/c2ccc(OC)cc2)c([N+](=O)[O-])c1. The zero-order chi connectivity index (χ0) is 20.7. The summed E-state index contributed by atoms with van der Waals surface area (Å²) in [5.41, 5.74) is 3.07. The standard InChI is InChI=1S/C18H22N4O5S/c1-4-21(5-2)28(25,26)16-10-11-17(18(12-16)22(23)24)20-19-13-14-6-8-15(27-3)9-7-14/h6-13,20H,4-5H2,1-3H3/b19-13+. The number of hydrogen-bond donors (Lipinski definition) is 1. The fourth-order valence-corrected chi connectivity index (χ4v) is 3.97. The van der Waals surface area contributed by atoms with E-state index < -0.39 is 14.9 Å². The molecule has 10 heteroatoms. The van der Waals surface area contributed by atoms with Crippen molar-refractivity contribution in [1.82, 2.24) is 4.31 Å². The lowest BCUT2D eigenvalue weighted by Gasteiger charge is -2.18. The Balaban J connectivity index is 2.27. The second kappa shape index (κ2) is 9.29. The molecule has 0 spiro atoms. The topological polar surface area (TPSA) is 114 Å². The number of hydrogen-bond acceptors (Lipinski definition) is 7. The Morgan fingerprint density at radius 1 is 1.18 bits per heavy atom. The maximum Gasteiger partial charge on any atom is 0.295 e. The molecule has 0 atom stereocenters. The molecule has 1 N–H and O–H groups in total. The Kier molecular flexibility index (Phi) is 7.07. The van der Waals surface area contributed by atoms with Crippen molar-refractivity contribution in [3.8, 4) is 5.75 Å². The molecule has 0 aliphatic heterocycles. The minimum atomic E-state index is -3.79. The number of anilines is 1. The molecular formula is C18H22N4O5S. The molecule has 9 nitrogen and oxygen atoms in total.